The van der Waals surface area contributed by atoms with Crippen molar-refractivity contribution >= 4 is 17.2 Å². The minimum Gasteiger partial charge on any atom is -0.370 e. The first-order chi connectivity index (χ1) is 9.20. The van der Waals surface area contributed by atoms with Crippen LogP contribution in [0, 0.1) is 0 Å². The van der Waals surface area contributed by atoms with E-state index in [1.165, 1.54) is 10.4 Å². The molecule has 3 nitrogen and oxygen atoms in total. The lowest BCUT2D eigenvalue weighted by molar-refractivity contribution is 0.256. The molecule has 2 heterocycles. The van der Waals surface area contributed by atoms with Gasteiger partial charge >= 0.3 is 0 Å². The van der Waals surface area contributed by atoms with E-state index in [9.17, 15) is 0 Å². The van der Waals surface area contributed by atoms with Gasteiger partial charge in [0.2, 0.25) is 0 Å². The third-order valence-electron chi connectivity index (χ3n) is 3.23. The zero-order valence-electron chi connectivity index (χ0n) is 11.8. The molecular weight excluding hydrogens is 254 g/mol. The van der Waals surface area contributed by atoms with Gasteiger partial charge in [0, 0.05) is 30.2 Å². The van der Waals surface area contributed by atoms with Crippen LogP contribution in [0.15, 0.2) is 35.8 Å². The Balaban J connectivity index is 2.02. The van der Waals surface area contributed by atoms with Gasteiger partial charge in [-0.25, -0.2) is 4.98 Å². The molecule has 2 aromatic heterocycles. The summed E-state index contributed by atoms with van der Waals surface area (Å²) < 4.78 is 0. The van der Waals surface area contributed by atoms with E-state index in [-0.39, 0.29) is 0 Å². The van der Waals surface area contributed by atoms with E-state index in [0.29, 0.717) is 6.04 Å². The molecule has 19 heavy (non-hydrogen) atoms. The zero-order chi connectivity index (χ0) is 13.7. The fraction of sp³-hybridized carbons (Fsp3) is 0.400. The highest BCUT2D eigenvalue weighted by atomic mass is 32.1. The Hall–Kier alpha value is -1.39. The zero-order valence-corrected chi connectivity index (χ0v) is 12.6. The van der Waals surface area contributed by atoms with Crippen molar-refractivity contribution in [3.63, 3.8) is 0 Å². The smallest absolute Gasteiger partial charge is 0.126 e. The Bertz CT molecular complexity index is 496. The monoisotopic (exact) mass is 275 g/mol. The number of hydrogen-bond acceptors (Lipinski definition) is 4. The Labute approximate surface area is 119 Å². The molecule has 0 bridgehead atoms. The summed E-state index contributed by atoms with van der Waals surface area (Å²) >= 11 is 1.81. The summed E-state index contributed by atoms with van der Waals surface area (Å²) in [5.41, 5.74) is 1.29. The topological polar surface area (TPSA) is 28.2 Å². The highest BCUT2D eigenvalue weighted by Crippen LogP contribution is 2.24. The normalized spacial score (nSPS) is 12.6. The fourth-order valence-corrected chi connectivity index (χ4v) is 2.87. The predicted molar refractivity (Wildman–Crippen MR) is 82.6 cm³/mol. The van der Waals surface area contributed by atoms with E-state index >= 15 is 0 Å². The molecule has 2 aromatic rings. The van der Waals surface area contributed by atoms with Gasteiger partial charge in [0.05, 0.1) is 0 Å². The van der Waals surface area contributed by atoms with Gasteiger partial charge in [-0.1, -0.05) is 6.07 Å². The van der Waals surface area contributed by atoms with Gasteiger partial charge in [-0.3, -0.25) is 4.90 Å². The summed E-state index contributed by atoms with van der Waals surface area (Å²) in [4.78, 5) is 8.07. The van der Waals surface area contributed by atoms with Crippen molar-refractivity contribution in [3.8, 4) is 0 Å². The van der Waals surface area contributed by atoms with Crippen molar-refractivity contribution < 1.29 is 0 Å². The van der Waals surface area contributed by atoms with Gasteiger partial charge in [0.1, 0.15) is 5.82 Å². The van der Waals surface area contributed by atoms with Crippen LogP contribution >= 0.6 is 11.3 Å². The fourth-order valence-electron chi connectivity index (χ4n) is 2.02. The number of hydrogen-bond donors (Lipinski definition) is 1. The highest BCUT2D eigenvalue weighted by Gasteiger charge is 2.12. The highest BCUT2D eigenvalue weighted by molar-refractivity contribution is 7.10. The first kappa shape index (κ1) is 14.0. The lowest BCUT2D eigenvalue weighted by atomic mass is 10.2. The summed E-state index contributed by atoms with van der Waals surface area (Å²) in [6.45, 7) is 6.16. The molecular formula is C15H21N3S. The van der Waals surface area contributed by atoms with Crippen LogP contribution in [0.5, 0.6) is 0 Å². The van der Waals surface area contributed by atoms with Gasteiger partial charge in [0.15, 0.2) is 0 Å². The van der Waals surface area contributed by atoms with Crippen LogP contribution < -0.4 is 5.32 Å². The quantitative estimate of drug-likeness (QED) is 0.870. The summed E-state index contributed by atoms with van der Waals surface area (Å²) in [6.07, 6.45) is 1.87. The van der Waals surface area contributed by atoms with Crippen molar-refractivity contribution in [1.82, 2.24) is 9.88 Å². The predicted octanol–water partition coefficient (Wildman–Crippen LogP) is 3.77. The number of pyridine rings is 1. The maximum absolute atomic E-state index is 4.30. The van der Waals surface area contributed by atoms with Gasteiger partial charge in [-0.05, 0) is 50.0 Å². The van der Waals surface area contributed by atoms with E-state index in [4.69, 9.17) is 0 Å². The average Bonchev–Trinajstić information content (AvgIpc) is 2.92. The van der Waals surface area contributed by atoms with Crippen LogP contribution in [0.1, 0.15) is 30.3 Å². The SMILES string of the molecule is CCNc1cc(CN(C)C(C)c2cccs2)ccn1. The molecule has 0 aliphatic carbocycles. The van der Waals surface area contributed by atoms with Gasteiger partial charge in [-0.15, -0.1) is 11.3 Å². The van der Waals surface area contributed by atoms with E-state index in [1.807, 2.05) is 17.5 Å². The average molecular weight is 275 g/mol. The number of aromatic nitrogens is 1. The molecule has 0 radical (unpaired) electrons. The minimum absolute atomic E-state index is 0.441. The Kier molecular flexibility index (Phi) is 4.93. The second-order valence-electron chi connectivity index (χ2n) is 4.69. The number of nitrogens with one attached hydrogen (secondary N) is 1. The second kappa shape index (κ2) is 6.68. The van der Waals surface area contributed by atoms with Crippen LogP contribution in [0.3, 0.4) is 0 Å². The van der Waals surface area contributed by atoms with Crippen LogP contribution in [-0.4, -0.2) is 23.5 Å². The molecule has 0 saturated heterocycles. The lowest BCUT2D eigenvalue weighted by Gasteiger charge is -2.24. The summed E-state index contributed by atoms with van der Waals surface area (Å²) in [7, 11) is 2.16. The molecule has 0 amide bonds. The molecule has 1 N–H and O–H groups in total. The molecule has 0 spiro atoms. The third-order valence-corrected chi connectivity index (χ3v) is 4.27. The molecule has 4 heteroatoms. The van der Waals surface area contributed by atoms with Gasteiger partial charge in [0.25, 0.3) is 0 Å². The maximum Gasteiger partial charge on any atom is 0.126 e. The molecule has 102 valence electrons. The number of rotatable bonds is 6. The Morgan fingerprint density at radius 1 is 1.42 bits per heavy atom. The molecule has 0 aromatic carbocycles. The summed E-state index contributed by atoms with van der Waals surface area (Å²) in [6, 6.07) is 8.96. The number of thiophene rings is 1. The lowest BCUT2D eigenvalue weighted by Crippen LogP contribution is -2.21. The van der Waals surface area contributed by atoms with Crippen molar-refractivity contribution in [1.29, 1.82) is 0 Å². The second-order valence-corrected chi connectivity index (χ2v) is 5.67. The van der Waals surface area contributed by atoms with Gasteiger partial charge < -0.3 is 5.32 Å². The van der Waals surface area contributed by atoms with Crippen LogP contribution in [-0.2, 0) is 6.54 Å². The Morgan fingerprint density at radius 2 is 2.26 bits per heavy atom. The number of nitrogens with zero attached hydrogens (tertiary/aromatic N) is 2. The molecule has 2 rings (SSSR count). The van der Waals surface area contributed by atoms with E-state index < -0.39 is 0 Å². The maximum atomic E-state index is 4.30. The molecule has 0 saturated carbocycles. The van der Waals surface area contributed by atoms with Crippen molar-refractivity contribution in [3.05, 3.63) is 46.3 Å². The Morgan fingerprint density at radius 3 is 2.95 bits per heavy atom. The van der Waals surface area contributed by atoms with Crippen molar-refractivity contribution in [2.45, 2.75) is 26.4 Å². The summed E-state index contributed by atoms with van der Waals surface area (Å²) in [5, 5.41) is 5.38. The molecule has 1 unspecified atom stereocenters. The largest absolute Gasteiger partial charge is 0.370 e. The van der Waals surface area contributed by atoms with E-state index in [1.54, 1.807) is 0 Å². The standard InChI is InChI=1S/C15H21N3S/c1-4-16-15-10-13(7-8-17-15)11-18(3)12(2)14-6-5-9-19-14/h5-10,12H,4,11H2,1-3H3,(H,16,17). The van der Waals surface area contributed by atoms with Crippen LogP contribution in [0.25, 0.3) is 0 Å². The molecule has 0 fully saturated rings. The summed E-state index contributed by atoms with van der Waals surface area (Å²) in [5.74, 6) is 0.956. The first-order valence-corrected chi connectivity index (χ1v) is 7.51. The minimum atomic E-state index is 0.441. The van der Waals surface area contributed by atoms with Gasteiger partial charge in [-0.2, -0.15) is 0 Å². The van der Waals surface area contributed by atoms with E-state index in [2.05, 4.69) is 65.7 Å². The first-order valence-electron chi connectivity index (χ1n) is 6.63. The molecule has 0 aliphatic rings. The van der Waals surface area contributed by atoms with Crippen LogP contribution in [0.4, 0.5) is 5.82 Å². The molecule has 0 aliphatic heterocycles. The van der Waals surface area contributed by atoms with Crippen molar-refractivity contribution in [2.75, 3.05) is 18.9 Å². The van der Waals surface area contributed by atoms with E-state index in [0.717, 1.165) is 18.9 Å². The van der Waals surface area contributed by atoms with Crippen molar-refractivity contribution in [2.24, 2.45) is 0 Å². The molecule has 1 atom stereocenters. The van der Waals surface area contributed by atoms with Crippen LogP contribution in [0.2, 0.25) is 0 Å². The number of anilines is 1. The third kappa shape index (κ3) is 3.78.